The van der Waals surface area contributed by atoms with Gasteiger partial charge in [0.25, 0.3) is 0 Å². The summed E-state index contributed by atoms with van der Waals surface area (Å²) in [5, 5.41) is 0. The molecule has 1 saturated carbocycles. The predicted octanol–water partition coefficient (Wildman–Crippen LogP) is 1.29. The lowest BCUT2D eigenvalue weighted by Crippen LogP contribution is -2.14. The molecule has 0 aromatic rings. The van der Waals surface area contributed by atoms with Gasteiger partial charge >= 0.3 is 0 Å². The van der Waals surface area contributed by atoms with E-state index >= 15 is 0 Å². The molecule has 1 saturated heterocycles. The molecule has 0 aromatic heterocycles. The first-order valence-corrected chi connectivity index (χ1v) is 4.75. The Labute approximate surface area is 68.1 Å². The fourth-order valence-electron chi connectivity index (χ4n) is 2.16. The average molecular weight is 155 g/mol. The van der Waals surface area contributed by atoms with Crippen LogP contribution in [0.25, 0.3) is 0 Å². The molecule has 1 aliphatic carbocycles. The summed E-state index contributed by atoms with van der Waals surface area (Å²) in [4.78, 5) is 0. The van der Waals surface area contributed by atoms with E-state index in [9.17, 15) is 0 Å². The van der Waals surface area contributed by atoms with Crippen molar-refractivity contribution in [2.75, 3.05) is 6.54 Å². The van der Waals surface area contributed by atoms with E-state index in [1.54, 1.807) is 0 Å². The number of nitrogens with two attached hydrogens (primary N) is 1. The van der Waals surface area contributed by atoms with Gasteiger partial charge in [-0.25, -0.2) is 0 Å². The topological polar surface area (TPSA) is 38.5 Å². The highest BCUT2D eigenvalue weighted by Gasteiger charge is 2.43. The second-order valence-electron chi connectivity index (χ2n) is 3.82. The Morgan fingerprint density at radius 3 is 2.91 bits per heavy atom. The van der Waals surface area contributed by atoms with Crippen molar-refractivity contribution < 1.29 is 4.74 Å². The molecule has 2 fully saturated rings. The van der Waals surface area contributed by atoms with Crippen LogP contribution in [0.2, 0.25) is 0 Å². The molecule has 0 aromatic carbocycles. The summed E-state index contributed by atoms with van der Waals surface area (Å²) in [6.45, 7) is 0.853. The third-order valence-corrected chi connectivity index (χ3v) is 2.93. The zero-order valence-electron chi connectivity index (χ0n) is 6.96. The van der Waals surface area contributed by atoms with Crippen LogP contribution in [0, 0.1) is 5.92 Å². The summed E-state index contributed by atoms with van der Waals surface area (Å²) in [7, 11) is 0. The SMILES string of the molecule is NCCCC1CCC2OC2C1. The summed E-state index contributed by atoms with van der Waals surface area (Å²) >= 11 is 0. The van der Waals surface area contributed by atoms with Crippen LogP contribution >= 0.6 is 0 Å². The van der Waals surface area contributed by atoms with Gasteiger partial charge < -0.3 is 10.5 Å². The molecule has 2 nitrogen and oxygen atoms in total. The minimum atomic E-state index is 0.645. The Morgan fingerprint density at radius 1 is 1.27 bits per heavy atom. The van der Waals surface area contributed by atoms with Gasteiger partial charge in [0, 0.05) is 0 Å². The molecule has 3 unspecified atom stereocenters. The standard InChI is InChI=1S/C9H17NO/c10-5-1-2-7-3-4-8-9(6-7)11-8/h7-9H,1-6,10H2. The highest BCUT2D eigenvalue weighted by molar-refractivity contribution is 4.91. The normalized spacial score (nSPS) is 41.7. The summed E-state index contributed by atoms with van der Waals surface area (Å²) in [5.41, 5.74) is 5.46. The van der Waals surface area contributed by atoms with Crippen LogP contribution in [0.5, 0.6) is 0 Å². The van der Waals surface area contributed by atoms with Crippen LogP contribution in [0.3, 0.4) is 0 Å². The van der Waals surface area contributed by atoms with Gasteiger partial charge in [-0.05, 0) is 44.6 Å². The average Bonchev–Trinajstić information content (AvgIpc) is 2.78. The van der Waals surface area contributed by atoms with Gasteiger partial charge in [-0.15, -0.1) is 0 Å². The molecule has 1 heterocycles. The largest absolute Gasteiger partial charge is 0.370 e. The first-order chi connectivity index (χ1) is 5.40. The number of fused-ring (bicyclic) bond motifs is 1. The van der Waals surface area contributed by atoms with Gasteiger partial charge in [-0.3, -0.25) is 0 Å². The molecule has 0 radical (unpaired) electrons. The van der Waals surface area contributed by atoms with Gasteiger partial charge in [0.15, 0.2) is 0 Å². The maximum absolute atomic E-state index is 5.46. The maximum Gasteiger partial charge on any atom is 0.0844 e. The van der Waals surface area contributed by atoms with Crippen molar-refractivity contribution in [3.05, 3.63) is 0 Å². The fraction of sp³-hybridized carbons (Fsp3) is 1.00. The molecule has 0 bridgehead atoms. The molecule has 11 heavy (non-hydrogen) atoms. The van der Waals surface area contributed by atoms with Gasteiger partial charge in [0.2, 0.25) is 0 Å². The van der Waals surface area contributed by atoms with E-state index in [4.69, 9.17) is 10.5 Å². The monoisotopic (exact) mass is 155 g/mol. The van der Waals surface area contributed by atoms with Crippen molar-refractivity contribution in [2.45, 2.75) is 44.3 Å². The van der Waals surface area contributed by atoms with Crippen molar-refractivity contribution in [3.63, 3.8) is 0 Å². The predicted molar refractivity (Wildman–Crippen MR) is 44.3 cm³/mol. The highest BCUT2D eigenvalue weighted by Crippen LogP contribution is 2.40. The van der Waals surface area contributed by atoms with Crippen LogP contribution < -0.4 is 5.73 Å². The Bertz CT molecular complexity index is 138. The van der Waals surface area contributed by atoms with E-state index in [-0.39, 0.29) is 0 Å². The molecule has 64 valence electrons. The van der Waals surface area contributed by atoms with Gasteiger partial charge in [0.1, 0.15) is 0 Å². The van der Waals surface area contributed by atoms with Gasteiger partial charge in [-0.2, -0.15) is 0 Å². The van der Waals surface area contributed by atoms with Crippen LogP contribution in [-0.2, 0) is 4.74 Å². The molecule has 1 aliphatic heterocycles. The second-order valence-corrected chi connectivity index (χ2v) is 3.82. The van der Waals surface area contributed by atoms with Crippen LogP contribution in [0.4, 0.5) is 0 Å². The third kappa shape index (κ3) is 1.74. The Kier molecular flexibility index (Phi) is 2.14. The van der Waals surface area contributed by atoms with E-state index in [0.717, 1.165) is 12.5 Å². The maximum atomic E-state index is 5.46. The van der Waals surface area contributed by atoms with E-state index in [2.05, 4.69) is 0 Å². The van der Waals surface area contributed by atoms with Crippen LogP contribution in [0.1, 0.15) is 32.1 Å². The molecular formula is C9H17NO. The van der Waals surface area contributed by atoms with Crippen molar-refractivity contribution in [1.82, 2.24) is 0 Å². The van der Waals surface area contributed by atoms with Crippen molar-refractivity contribution in [3.8, 4) is 0 Å². The smallest absolute Gasteiger partial charge is 0.0844 e. The molecule has 2 rings (SSSR count). The third-order valence-electron chi connectivity index (χ3n) is 2.93. The lowest BCUT2D eigenvalue weighted by Gasteiger charge is -2.17. The first kappa shape index (κ1) is 7.56. The van der Waals surface area contributed by atoms with Gasteiger partial charge in [0.05, 0.1) is 12.2 Å². The summed E-state index contributed by atoms with van der Waals surface area (Å²) in [5.74, 6) is 0.919. The minimum absolute atomic E-state index is 0.645. The van der Waals surface area contributed by atoms with Crippen molar-refractivity contribution >= 4 is 0 Å². The quantitative estimate of drug-likeness (QED) is 0.624. The fourth-order valence-corrected chi connectivity index (χ4v) is 2.16. The zero-order chi connectivity index (χ0) is 7.68. The van der Waals surface area contributed by atoms with Crippen LogP contribution in [0.15, 0.2) is 0 Å². The second kappa shape index (κ2) is 3.11. The van der Waals surface area contributed by atoms with Crippen LogP contribution in [-0.4, -0.2) is 18.8 Å². The van der Waals surface area contributed by atoms with Crippen molar-refractivity contribution in [2.24, 2.45) is 11.7 Å². The van der Waals surface area contributed by atoms with E-state index < -0.39 is 0 Å². The van der Waals surface area contributed by atoms with E-state index in [1.165, 1.54) is 32.1 Å². The molecular weight excluding hydrogens is 138 g/mol. The minimum Gasteiger partial charge on any atom is -0.370 e. The van der Waals surface area contributed by atoms with Gasteiger partial charge in [-0.1, -0.05) is 0 Å². The Hall–Kier alpha value is -0.0800. The molecule has 2 aliphatic rings. The highest BCUT2D eigenvalue weighted by atomic mass is 16.6. The summed E-state index contributed by atoms with van der Waals surface area (Å²) in [6.07, 6.45) is 7.81. The lowest BCUT2D eigenvalue weighted by atomic mass is 9.86. The zero-order valence-corrected chi connectivity index (χ0v) is 6.96. The van der Waals surface area contributed by atoms with E-state index in [1.807, 2.05) is 0 Å². The number of hydrogen-bond donors (Lipinski definition) is 1. The lowest BCUT2D eigenvalue weighted by molar-refractivity contribution is 0.348. The molecule has 2 heteroatoms. The first-order valence-electron chi connectivity index (χ1n) is 4.75. The molecule has 3 atom stereocenters. The van der Waals surface area contributed by atoms with Crippen molar-refractivity contribution in [1.29, 1.82) is 0 Å². The Balaban J connectivity index is 1.68. The summed E-state index contributed by atoms with van der Waals surface area (Å²) in [6, 6.07) is 0. The molecule has 2 N–H and O–H groups in total. The summed E-state index contributed by atoms with van der Waals surface area (Å²) < 4.78 is 5.46. The number of ether oxygens (including phenoxy) is 1. The molecule has 0 amide bonds. The number of hydrogen-bond acceptors (Lipinski definition) is 2. The number of epoxide rings is 1. The van der Waals surface area contributed by atoms with E-state index in [0.29, 0.717) is 12.2 Å². The Morgan fingerprint density at radius 2 is 2.18 bits per heavy atom. The number of rotatable bonds is 3. The molecule has 0 spiro atoms.